The Morgan fingerprint density at radius 3 is 3.07 bits per heavy atom. The lowest BCUT2D eigenvalue weighted by atomic mass is 9.73. The maximum Gasteiger partial charge on any atom is 0.323 e. The number of carbonyl (C=O) groups is 2. The van der Waals surface area contributed by atoms with E-state index in [4.69, 9.17) is 4.74 Å². The first-order valence-corrected chi connectivity index (χ1v) is 5.51. The zero-order valence-electron chi connectivity index (χ0n) is 8.99. The standard InChI is InChI=1S/C12H16O3/c1-15-11(14)12-8-4-6-9(12)5-2-3-7-10(12)13/h4,8-9H,2-3,5-7H2,1H3/t9-,12-/m0/s1. The summed E-state index contributed by atoms with van der Waals surface area (Å²) in [6, 6.07) is 0. The van der Waals surface area contributed by atoms with Crippen LogP contribution in [0.15, 0.2) is 12.2 Å². The topological polar surface area (TPSA) is 43.4 Å². The van der Waals surface area contributed by atoms with Crippen LogP contribution in [0.2, 0.25) is 0 Å². The molecule has 0 spiro atoms. The molecule has 0 aromatic heterocycles. The SMILES string of the molecule is COC(=O)[C@@]12C=CC[C@@H]1CCCCC2=O. The second kappa shape index (κ2) is 3.80. The molecule has 2 atom stereocenters. The van der Waals surface area contributed by atoms with Gasteiger partial charge in [-0.1, -0.05) is 18.6 Å². The van der Waals surface area contributed by atoms with Gasteiger partial charge in [0.1, 0.15) is 5.41 Å². The van der Waals surface area contributed by atoms with Gasteiger partial charge in [0.15, 0.2) is 5.78 Å². The third-order valence-electron chi connectivity index (χ3n) is 3.64. The molecule has 2 aliphatic rings. The minimum Gasteiger partial charge on any atom is -0.468 e. The van der Waals surface area contributed by atoms with E-state index in [1.54, 1.807) is 6.08 Å². The van der Waals surface area contributed by atoms with E-state index in [1.165, 1.54) is 7.11 Å². The average molecular weight is 208 g/mol. The van der Waals surface area contributed by atoms with Crippen LogP contribution in [-0.2, 0) is 14.3 Å². The van der Waals surface area contributed by atoms with Crippen LogP contribution < -0.4 is 0 Å². The Labute approximate surface area is 89.5 Å². The van der Waals surface area contributed by atoms with Crippen LogP contribution in [-0.4, -0.2) is 18.9 Å². The summed E-state index contributed by atoms with van der Waals surface area (Å²) in [7, 11) is 1.36. The largest absolute Gasteiger partial charge is 0.468 e. The Morgan fingerprint density at radius 1 is 1.53 bits per heavy atom. The molecule has 2 rings (SSSR count). The first-order chi connectivity index (χ1) is 7.21. The Hall–Kier alpha value is -1.12. The van der Waals surface area contributed by atoms with Gasteiger partial charge >= 0.3 is 5.97 Å². The monoisotopic (exact) mass is 208 g/mol. The van der Waals surface area contributed by atoms with Crippen molar-refractivity contribution in [3.63, 3.8) is 0 Å². The second-order valence-corrected chi connectivity index (χ2v) is 4.36. The number of hydrogen-bond donors (Lipinski definition) is 0. The summed E-state index contributed by atoms with van der Waals surface area (Å²) in [5, 5.41) is 0. The maximum atomic E-state index is 12.1. The minimum atomic E-state index is -0.939. The van der Waals surface area contributed by atoms with Crippen molar-refractivity contribution in [3.05, 3.63) is 12.2 Å². The van der Waals surface area contributed by atoms with Gasteiger partial charge in [0, 0.05) is 6.42 Å². The first kappa shape index (κ1) is 10.4. The number of carbonyl (C=O) groups excluding carboxylic acids is 2. The van der Waals surface area contributed by atoms with Crippen molar-refractivity contribution in [1.29, 1.82) is 0 Å². The van der Waals surface area contributed by atoms with E-state index in [2.05, 4.69) is 0 Å². The smallest absolute Gasteiger partial charge is 0.323 e. The van der Waals surface area contributed by atoms with Crippen molar-refractivity contribution in [2.24, 2.45) is 11.3 Å². The molecule has 0 unspecified atom stereocenters. The summed E-state index contributed by atoms with van der Waals surface area (Å²) in [6.07, 6.45) is 7.96. The van der Waals surface area contributed by atoms with Gasteiger partial charge in [0.25, 0.3) is 0 Å². The summed E-state index contributed by atoms with van der Waals surface area (Å²) in [4.78, 5) is 23.9. The van der Waals surface area contributed by atoms with E-state index in [9.17, 15) is 9.59 Å². The summed E-state index contributed by atoms with van der Waals surface area (Å²) in [5.74, 6) is -0.182. The van der Waals surface area contributed by atoms with Crippen molar-refractivity contribution in [1.82, 2.24) is 0 Å². The summed E-state index contributed by atoms with van der Waals surface area (Å²) < 4.78 is 4.81. The van der Waals surface area contributed by atoms with Crippen LogP contribution in [0.1, 0.15) is 32.1 Å². The number of hydrogen-bond acceptors (Lipinski definition) is 3. The molecule has 0 aliphatic heterocycles. The van der Waals surface area contributed by atoms with Crippen LogP contribution in [0.5, 0.6) is 0 Å². The van der Waals surface area contributed by atoms with Crippen LogP contribution in [0.25, 0.3) is 0 Å². The van der Waals surface area contributed by atoms with E-state index in [1.807, 2.05) is 6.08 Å². The number of allylic oxidation sites excluding steroid dienone is 1. The van der Waals surface area contributed by atoms with Crippen LogP contribution in [0.3, 0.4) is 0 Å². The fraction of sp³-hybridized carbons (Fsp3) is 0.667. The normalized spacial score (nSPS) is 34.7. The highest BCUT2D eigenvalue weighted by molar-refractivity contribution is 6.06. The van der Waals surface area contributed by atoms with Crippen molar-refractivity contribution in [3.8, 4) is 0 Å². The van der Waals surface area contributed by atoms with Gasteiger partial charge in [-0.2, -0.15) is 0 Å². The fourth-order valence-electron chi connectivity index (χ4n) is 2.81. The Bertz CT molecular complexity index is 319. The highest BCUT2D eigenvalue weighted by Crippen LogP contribution is 2.45. The third-order valence-corrected chi connectivity index (χ3v) is 3.64. The number of rotatable bonds is 1. The second-order valence-electron chi connectivity index (χ2n) is 4.36. The van der Waals surface area contributed by atoms with Gasteiger partial charge in [-0.15, -0.1) is 0 Å². The predicted molar refractivity (Wildman–Crippen MR) is 55.2 cm³/mol. The molecule has 1 saturated carbocycles. The molecule has 0 aromatic rings. The number of esters is 1. The van der Waals surface area contributed by atoms with Gasteiger partial charge in [-0.25, -0.2) is 0 Å². The van der Waals surface area contributed by atoms with E-state index < -0.39 is 5.41 Å². The average Bonchev–Trinajstić information content (AvgIpc) is 2.61. The lowest BCUT2D eigenvalue weighted by molar-refractivity contribution is -0.157. The van der Waals surface area contributed by atoms with Gasteiger partial charge < -0.3 is 4.74 Å². The molecule has 15 heavy (non-hydrogen) atoms. The van der Waals surface area contributed by atoms with E-state index in [-0.39, 0.29) is 17.7 Å². The van der Waals surface area contributed by atoms with Gasteiger partial charge in [0.05, 0.1) is 7.11 Å². The van der Waals surface area contributed by atoms with Crippen molar-refractivity contribution < 1.29 is 14.3 Å². The molecule has 0 radical (unpaired) electrons. The molecule has 3 heteroatoms. The molecule has 0 amide bonds. The number of ketones is 1. The van der Waals surface area contributed by atoms with Crippen LogP contribution in [0.4, 0.5) is 0 Å². The molecule has 1 fully saturated rings. The number of ether oxygens (including phenoxy) is 1. The Kier molecular flexibility index (Phi) is 2.63. The summed E-state index contributed by atoms with van der Waals surface area (Å²) >= 11 is 0. The zero-order chi connectivity index (χ0) is 10.9. The quantitative estimate of drug-likeness (QED) is 0.375. The zero-order valence-corrected chi connectivity index (χ0v) is 8.99. The van der Waals surface area contributed by atoms with E-state index in [0.717, 1.165) is 25.7 Å². The number of fused-ring (bicyclic) bond motifs is 1. The molecule has 0 bridgehead atoms. The van der Waals surface area contributed by atoms with E-state index in [0.29, 0.717) is 6.42 Å². The van der Waals surface area contributed by atoms with Gasteiger partial charge in [-0.05, 0) is 25.2 Å². The van der Waals surface area contributed by atoms with E-state index >= 15 is 0 Å². The third kappa shape index (κ3) is 1.41. The molecule has 0 heterocycles. The molecule has 82 valence electrons. The summed E-state index contributed by atoms with van der Waals surface area (Å²) in [6.45, 7) is 0. The van der Waals surface area contributed by atoms with Gasteiger partial charge in [0.2, 0.25) is 0 Å². The fourth-order valence-corrected chi connectivity index (χ4v) is 2.81. The number of Topliss-reactive ketones (excluding diaryl/α,β-unsaturated/α-hetero) is 1. The Morgan fingerprint density at radius 2 is 2.33 bits per heavy atom. The molecule has 0 N–H and O–H groups in total. The molecular weight excluding hydrogens is 192 g/mol. The molecule has 0 aromatic carbocycles. The molecule has 0 saturated heterocycles. The van der Waals surface area contributed by atoms with Crippen molar-refractivity contribution >= 4 is 11.8 Å². The number of methoxy groups -OCH3 is 1. The lowest BCUT2D eigenvalue weighted by Crippen LogP contribution is -2.41. The lowest BCUT2D eigenvalue weighted by Gasteiger charge is -2.28. The predicted octanol–water partition coefficient (Wildman–Crippen LogP) is 1.86. The highest BCUT2D eigenvalue weighted by Gasteiger charge is 2.52. The first-order valence-electron chi connectivity index (χ1n) is 5.51. The van der Waals surface area contributed by atoms with Crippen LogP contribution in [0, 0.1) is 11.3 Å². The van der Waals surface area contributed by atoms with Crippen molar-refractivity contribution in [2.75, 3.05) is 7.11 Å². The molecular formula is C12H16O3. The van der Waals surface area contributed by atoms with Crippen molar-refractivity contribution in [2.45, 2.75) is 32.1 Å². The molecule has 2 aliphatic carbocycles. The molecule has 3 nitrogen and oxygen atoms in total. The van der Waals surface area contributed by atoms with Crippen LogP contribution >= 0.6 is 0 Å². The Balaban J connectivity index is 2.39. The maximum absolute atomic E-state index is 12.1. The summed E-state index contributed by atoms with van der Waals surface area (Å²) in [5.41, 5.74) is -0.939. The highest BCUT2D eigenvalue weighted by atomic mass is 16.5. The minimum absolute atomic E-state index is 0.0469. The van der Waals surface area contributed by atoms with Gasteiger partial charge in [-0.3, -0.25) is 9.59 Å².